The molecule has 1 aromatic heterocycles. The maximum atomic E-state index is 14.4. The summed E-state index contributed by atoms with van der Waals surface area (Å²) in [7, 11) is 0. The van der Waals surface area contributed by atoms with E-state index in [4.69, 9.17) is 16.3 Å². The third kappa shape index (κ3) is 6.28. The number of hydrogen-bond acceptors (Lipinski definition) is 5. The Morgan fingerprint density at radius 3 is 2.55 bits per heavy atom. The number of aromatic amines is 1. The minimum atomic E-state index is -0.937. The molecule has 1 aromatic carbocycles. The largest absolute Gasteiger partial charge is 0.444 e. The third-order valence-electron chi connectivity index (χ3n) is 3.75. The van der Waals surface area contributed by atoms with Gasteiger partial charge in [0, 0.05) is 17.5 Å². The second-order valence-corrected chi connectivity index (χ2v) is 7.73. The van der Waals surface area contributed by atoms with Gasteiger partial charge in [0.2, 0.25) is 0 Å². The van der Waals surface area contributed by atoms with Crippen LogP contribution in [0.3, 0.4) is 0 Å². The first-order valence-electron chi connectivity index (χ1n) is 8.77. The Labute approximate surface area is 172 Å². The first kappa shape index (κ1) is 22.4. The lowest BCUT2D eigenvalue weighted by molar-refractivity contribution is -0.120. The van der Waals surface area contributed by atoms with Crippen LogP contribution in [0.2, 0.25) is 5.02 Å². The van der Waals surface area contributed by atoms with E-state index in [0.717, 1.165) is 6.07 Å². The summed E-state index contributed by atoms with van der Waals surface area (Å²) in [6.07, 6.45) is 0.290. The van der Waals surface area contributed by atoms with E-state index in [9.17, 15) is 18.8 Å². The van der Waals surface area contributed by atoms with Crippen LogP contribution in [-0.4, -0.2) is 39.6 Å². The van der Waals surface area contributed by atoms with Crippen LogP contribution in [0.15, 0.2) is 24.4 Å². The third-order valence-corrected chi connectivity index (χ3v) is 4.10. The number of ether oxygens (including phenoxy) is 1. The number of carbonyl (C=O) groups excluding carboxylic acids is 3. The number of alkyl carbamates (subject to hydrolysis) is 1. The van der Waals surface area contributed by atoms with Crippen molar-refractivity contribution in [2.45, 2.75) is 45.8 Å². The molecule has 0 fully saturated rings. The molecule has 1 atom stereocenters. The van der Waals surface area contributed by atoms with E-state index in [1.54, 1.807) is 20.8 Å². The molecule has 2 rings (SSSR count). The van der Waals surface area contributed by atoms with Gasteiger partial charge in [-0.3, -0.25) is 14.7 Å². The number of anilines is 1. The van der Waals surface area contributed by atoms with E-state index in [0.29, 0.717) is 0 Å². The van der Waals surface area contributed by atoms with Crippen molar-refractivity contribution in [3.63, 3.8) is 0 Å². The lowest BCUT2D eigenvalue weighted by Gasteiger charge is -2.21. The fourth-order valence-electron chi connectivity index (χ4n) is 2.41. The van der Waals surface area contributed by atoms with Gasteiger partial charge in [-0.2, -0.15) is 5.10 Å². The van der Waals surface area contributed by atoms with Crippen LogP contribution in [0.5, 0.6) is 0 Å². The van der Waals surface area contributed by atoms with E-state index in [-0.39, 0.29) is 28.4 Å². The maximum Gasteiger partial charge on any atom is 0.408 e. The number of nitrogens with one attached hydrogen (secondary N) is 3. The van der Waals surface area contributed by atoms with Gasteiger partial charge in [-0.25, -0.2) is 9.18 Å². The van der Waals surface area contributed by atoms with E-state index in [1.165, 1.54) is 25.3 Å². The van der Waals surface area contributed by atoms with Crippen molar-refractivity contribution < 1.29 is 23.5 Å². The highest BCUT2D eigenvalue weighted by Crippen LogP contribution is 2.25. The highest BCUT2D eigenvalue weighted by atomic mass is 35.5. The van der Waals surface area contributed by atoms with Crippen molar-refractivity contribution in [3.05, 3.63) is 46.4 Å². The van der Waals surface area contributed by atoms with Crippen LogP contribution in [-0.2, 0) is 16.0 Å². The van der Waals surface area contributed by atoms with Gasteiger partial charge in [-0.15, -0.1) is 0 Å². The smallest absolute Gasteiger partial charge is 0.408 e. The number of rotatable bonds is 6. The SMILES string of the molecule is C[C@H](NC(=O)OC(C)(C)C)C(=O)Cc1c(Cl)ccc(F)c1C(=O)Nc1ccn[nH]1. The zero-order chi connectivity index (χ0) is 21.8. The number of nitrogens with zero attached hydrogens (tertiary/aromatic N) is 1. The van der Waals surface area contributed by atoms with Crippen molar-refractivity contribution in [1.29, 1.82) is 0 Å². The maximum absolute atomic E-state index is 14.4. The van der Waals surface area contributed by atoms with Crippen molar-refractivity contribution in [1.82, 2.24) is 15.5 Å². The molecule has 2 amide bonds. The molecule has 0 bridgehead atoms. The number of carbonyl (C=O) groups is 3. The number of hydrogen-bond donors (Lipinski definition) is 3. The molecule has 8 nitrogen and oxygen atoms in total. The number of ketones is 1. The van der Waals surface area contributed by atoms with Crippen LogP contribution >= 0.6 is 11.6 Å². The molecule has 3 N–H and O–H groups in total. The second kappa shape index (κ2) is 9.04. The predicted molar refractivity (Wildman–Crippen MR) is 105 cm³/mol. The summed E-state index contributed by atoms with van der Waals surface area (Å²) < 4.78 is 19.5. The summed E-state index contributed by atoms with van der Waals surface area (Å²) in [6.45, 7) is 6.53. The predicted octanol–water partition coefficient (Wildman–Crippen LogP) is 3.48. The molecule has 0 saturated heterocycles. The molecule has 0 aliphatic heterocycles. The fraction of sp³-hybridized carbons (Fsp3) is 0.368. The van der Waals surface area contributed by atoms with Gasteiger partial charge in [0.25, 0.3) is 5.91 Å². The van der Waals surface area contributed by atoms with Gasteiger partial charge in [0.15, 0.2) is 5.78 Å². The topological polar surface area (TPSA) is 113 Å². The van der Waals surface area contributed by atoms with Gasteiger partial charge < -0.3 is 15.4 Å². The summed E-state index contributed by atoms with van der Waals surface area (Å²) in [5.74, 6) is -1.84. The summed E-state index contributed by atoms with van der Waals surface area (Å²) in [5.41, 5.74) is -1.06. The van der Waals surface area contributed by atoms with Crippen molar-refractivity contribution in [3.8, 4) is 0 Å². The molecule has 2 aromatic rings. The van der Waals surface area contributed by atoms with Crippen molar-refractivity contribution in [2.75, 3.05) is 5.32 Å². The Morgan fingerprint density at radius 1 is 1.28 bits per heavy atom. The minimum absolute atomic E-state index is 0.0199. The Bertz CT molecular complexity index is 910. The van der Waals surface area contributed by atoms with Crippen LogP contribution in [0, 0.1) is 5.82 Å². The Balaban J connectivity index is 2.19. The van der Waals surface area contributed by atoms with Crippen LogP contribution in [0.1, 0.15) is 43.6 Å². The summed E-state index contributed by atoms with van der Waals surface area (Å²) in [6, 6.07) is 2.85. The number of halogens is 2. The van der Waals surface area contributed by atoms with Crippen LogP contribution < -0.4 is 10.6 Å². The van der Waals surface area contributed by atoms with Gasteiger partial charge in [-0.05, 0) is 45.4 Å². The Hall–Kier alpha value is -2.94. The molecule has 10 heteroatoms. The zero-order valence-corrected chi connectivity index (χ0v) is 17.2. The van der Waals surface area contributed by atoms with E-state index < -0.39 is 35.2 Å². The minimum Gasteiger partial charge on any atom is -0.444 e. The summed E-state index contributed by atoms with van der Waals surface area (Å²) >= 11 is 6.14. The van der Waals surface area contributed by atoms with E-state index >= 15 is 0 Å². The second-order valence-electron chi connectivity index (χ2n) is 7.32. The molecule has 0 unspecified atom stereocenters. The number of amides is 2. The molecule has 0 radical (unpaired) electrons. The highest BCUT2D eigenvalue weighted by molar-refractivity contribution is 6.32. The fourth-order valence-corrected chi connectivity index (χ4v) is 2.64. The van der Waals surface area contributed by atoms with Gasteiger partial charge in [0.1, 0.15) is 17.2 Å². The van der Waals surface area contributed by atoms with Crippen molar-refractivity contribution in [2.24, 2.45) is 0 Å². The molecule has 29 heavy (non-hydrogen) atoms. The average molecular weight is 425 g/mol. The van der Waals surface area contributed by atoms with E-state index in [1.807, 2.05) is 0 Å². The molecule has 0 aliphatic carbocycles. The molecule has 0 saturated carbocycles. The first-order chi connectivity index (χ1) is 13.5. The highest BCUT2D eigenvalue weighted by Gasteiger charge is 2.26. The average Bonchev–Trinajstić information content (AvgIpc) is 3.09. The zero-order valence-electron chi connectivity index (χ0n) is 16.4. The lowest BCUT2D eigenvalue weighted by Crippen LogP contribution is -2.42. The number of aromatic nitrogens is 2. The monoisotopic (exact) mass is 424 g/mol. The van der Waals surface area contributed by atoms with Crippen LogP contribution in [0.4, 0.5) is 15.0 Å². The standard InChI is InChI=1S/C19H22ClFN4O4/c1-10(23-18(28)29-19(2,3)4)14(26)9-11-12(20)5-6-13(21)16(11)17(27)24-15-7-8-22-25-15/h5-8,10H,9H2,1-4H3,(H,23,28)(H2,22,24,25,27)/t10-/m0/s1. The van der Waals surface area contributed by atoms with Crippen molar-refractivity contribution >= 4 is 35.2 Å². The quantitative estimate of drug-likeness (QED) is 0.657. The summed E-state index contributed by atoms with van der Waals surface area (Å²) in [5, 5.41) is 11.1. The normalized spacial score (nSPS) is 12.2. The van der Waals surface area contributed by atoms with Gasteiger partial charge in [0.05, 0.1) is 17.8 Å². The Morgan fingerprint density at radius 2 is 1.97 bits per heavy atom. The molecule has 156 valence electrons. The van der Waals surface area contributed by atoms with E-state index in [2.05, 4.69) is 20.8 Å². The Kier molecular flexibility index (Phi) is 6.97. The molecular formula is C19H22ClFN4O4. The van der Waals surface area contributed by atoms with Gasteiger partial charge >= 0.3 is 6.09 Å². The molecular weight excluding hydrogens is 403 g/mol. The molecule has 0 aliphatic rings. The van der Waals surface area contributed by atoms with Gasteiger partial charge in [-0.1, -0.05) is 11.6 Å². The number of H-pyrrole nitrogens is 1. The summed E-state index contributed by atoms with van der Waals surface area (Å²) in [4.78, 5) is 37.0. The molecule has 1 heterocycles. The first-order valence-corrected chi connectivity index (χ1v) is 9.15. The lowest BCUT2D eigenvalue weighted by atomic mass is 9.98. The van der Waals surface area contributed by atoms with Crippen LogP contribution in [0.25, 0.3) is 0 Å². The molecule has 0 spiro atoms. The number of benzene rings is 1. The number of Topliss-reactive ketones (excluding diaryl/α,β-unsaturated/α-hetero) is 1.